The fourth-order valence-electron chi connectivity index (χ4n) is 2.07. The average Bonchev–Trinajstić information content (AvgIpc) is 3.05. The van der Waals surface area contributed by atoms with Crippen molar-refractivity contribution in [1.82, 2.24) is 5.59 Å². The molecule has 2 aromatic carbocycles. The van der Waals surface area contributed by atoms with Crippen LogP contribution in [0, 0.1) is 0 Å². The molecular weight excluding hydrogens is 266 g/mol. The fourth-order valence-corrected chi connectivity index (χ4v) is 2.07. The summed E-state index contributed by atoms with van der Waals surface area (Å²) in [7, 11) is 3.55. The van der Waals surface area contributed by atoms with Gasteiger partial charge in [0.05, 0.1) is 19.0 Å². The molecule has 1 heterocycles. The number of nitrogens with one attached hydrogen (secondary N) is 2. The lowest BCUT2D eigenvalue weighted by atomic mass is 10.2. The van der Waals surface area contributed by atoms with Crippen molar-refractivity contribution in [3.05, 3.63) is 60.3 Å². The second kappa shape index (κ2) is 5.76. The summed E-state index contributed by atoms with van der Waals surface area (Å²) in [5.74, 6) is 1.60. The van der Waals surface area contributed by atoms with E-state index in [0.717, 1.165) is 28.4 Å². The van der Waals surface area contributed by atoms with Gasteiger partial charge in [0, 0.05) is 18.3 Å². The van der Waals surface area contributed by atoms with Gasteiger partial charge in [-0.15, -0.1) is 0 Å². The summed E-state index contributed by atoms with van der Waals surface area (Å²) in [4.78, 5) is 5.52. The van der Waals surface area contributed by atoms with E-state index in [1.54, 1.807) is 7.11 Å². The second-order valence-corrected chi connectivity index (χ2v) is 4.58. The molecule has 0 unspecified atom stereocenters. The predicted molar refractivity (Wildman–Crippen MR) is 83.7 cm³/mol. The van der Waals surface area contributed by atoms with E-state index >= 15 is 0 Å². The van der Waals surface area contributed by atoms with Crippen LogP contribution < -0.4 is 20.7 Å². The van der Waals surface area contributed by atoms with Crippen LogP contribution in [0.2, 0.25) is 0 Å². The SMILES string of the molecule is CNc1ccc(C2=CN(c3ccc(OC)cc3)NO2)cc1. The fraction of sp³-hybridized carbons (Fsp3) is 0.125. The Morgan fingerprint density at radius 1 is 1.05 bits per heavy atom. The van der Waals surface area contributed by atoms with Crippen LogP contribution in [0.1, 0.15) is 5.56 Å². The van der Waals surface area contributed by atoms with E-state index in [1.165, 1.54) is 0 Å². The van der Waals surface area contributed by atoms with Crippen molar-refractivity contribution in [3.8, 4) is 5.75 Å². The molecule has 0 saturated carbocycles. The van der Waals surface area contributed by atoms with E-state index in [-0.39, 0.29) is 0 Å². The molecule has 0 atom stereocenters. The summed E-state index contributed by atoms with van der Waals surface area (Å²) in [5, 5.41) is 4.91. The molecule has 108 valence electrons. The lowest BCUT2D eigenvalue weighted by molar-refractivity contribution is 0.180. The second-order valence-electron chi connectivity index (χ2n) is 4.58. The van der Waals surface area contributed by atoms with Crippen LogP contribution >= 0.6 is 0 Å². The predicted octanol–water partition coefficient (Wildman–Crippen LogP) is 2.99. The van der Waals surface area contributed by atoms with E-state index in [2.05, 4.69) is 10.9 Å². The van der Waals surface area contributed by atoms with Crippen LogP contribution in [0.15, 0.2) is 54.7 Å². The number of hydrazine groups is 1. The average molecular weight is 283 g/mol. The molecule has 0 aliphatic carbocycles. The molecule has 0 saturated heterocycles. The Kier molecular flexibility index (Phi) is 3.66. The maximum Gasteiger partial charge on any atom is 0.174 e. The zero-order valence-corrected chi connectivity index (χ0v) is 12.0. The molecule has 0 spiro atoms. The molecule has 21 heavy (non-hydrogen) atoms. The molecule has 3 rings (SSSR count). The first-order valence-corrected chi connectivity index (χ1v) is 6.66. The quantitative estimate of drug-likeness (QED) is 0.903. The first kappa shape index (κ1) is 13.3. The van der Waals surface area contributed by atoms with Gasteiger partial charge in [-0.05, 0) is 48.5 Å². The van der Waals surface area contributed by atoms with E-state index in [4.69, 9.17) is 9.57 Å². The van der Waals surface area contributed by atoms with E-state index in [9.17, 15) is 0 Å². The zero-order valence-electron chi connectivity index (χ0n) is 12.0. The Morgan fingerprint density at radius 3 is 2.38 bits per heavy atom. The normalized spacial score (nSPS) is 13.6. The number of hydrogen-bond donors (Lipinski definition) is 2. The highest BCUT2D eigenvalue weighted by Gasteiger charge is 2.16. The zero-order chi connectivity index (χ0) is 14.7. The Balaban J connectivity index is 1.79. The number of rotatable bonds is 4. The van der Waals surface area contributed by atoms with Crippen molar-refractivity contribution in [2.45, 2.75) is 0 Å². The Bertz CT molecular complexity index is 636. The monoisotopic (exact) mass is 283 g/mol. The summed E-state index contributed by atoms with van der Waals surface area (Å²) in [6.07, 6.45) is 1.91. The van der Waals surface area contributed by atoms with Gasteiger partial charge in [-0.1, -0.05) is 5.59 Å². The molecule has 5 heteroatoms. The van der Waals surface area contributed by atoms with Crippen molar-refractivity contribution in [2.75, 3.05) is 24.5 Å². The maximum absolute atomic E-state index is 5.52. The number of nitrogens with zero attached hydrogens (tertiary/aromatic N) is 1. The molecule has 2 N–H and O–H groups in total. The third-order valence-electron chi connectivity index (χ3n) is 3.31. The lowest BCUT2D eigenvalue weighted by Gasteiger charge is -2.13. The molecular formula is C16H17N3O2. The van der Waals surface area contributed by atoms with Crippen molar-refractivity contribution < 1.29 is 9.57 Å². The largest absolute Gasteiger partial charge is 0.497 e. The van der Waals surface area contributed by atoms with Gasteiger partial charge >= 0.3 is 0 Å². The van der Waals surface area contributed by atoms with Gasteiger partial charge in [0.25, 0.3) is 0 Å². The van der Waals surface area contributed by atoms with Gasteiger partial charge in [0.1, 0.15) is 5.75 Å². The van der Waals surface area contributed by atoms with Gasteiger partial charge in [0.2, 0.25) is 0 Å². The van der Waals surface area contributed by atoms with Gasteiger partial charge in [-0.2, -0.15) is 0 Å². The van der Waals surface area contributed by atoms with Crippen LogP contribution in [0.4, 0.5) is 11.4 Å². The van der Waals surface area contributed by atoms with E-state index < -0.39 is 0 Å². The first-order valence-electron chi connectivity index (χ1n) is 6.66. The van der Waals surface area contributed by atoms with Crippen molar-refractivity contribution >= 4 is 17.1 Å². The highest BCUT2D eigenvalue weighted by molar-refractivity contribution is 5.67. The molecule has 0 bridgehead atoms. The van der Waals surface area contributed by atoms with Gasteiger partial charge in [-0.3, -0.25) is 0 Å². The van der Waals surface area contributed by atoms with Gasteiger partial charge in [-0.25, -0.2) is 5.01 Å². The van der Waals surface area contributed by atoms with E-state index in [1.807, 2.05) is 66.8 Å². The Morgan fingerprint density at radius 2 is 1.76 bits per heavy atom. The molecule has 0 fully saturated rings. The number of methoxy groups -OCH3 is 1. The van der Waals surface area contributed by atoms with Gasteiger partial charge < -0.3 is 14.9 Å². The highest BCUT2D eigenvalue weighted by Crippen LogP contribution is 2.26. The molecule has 1 aliphatic heterocycles. The third kappa shape index (κ3) is 2.78. The van der Waals surface area contributed by atoms with Gasteiger partial charge in [0.15, 0.2) is 5.76 Å². The van der Waals surface area contributed by atoms with Crippen molar-refractivity contribution in [1.29, 1.82) is 0 Å². The third-order valence-corrected chi connectivity index (χ3v) is 3.31. The number of hydrogen-bond acceptors (Lipinski definition) is 5. The lowest BCUT2D eigenvalue weighted by Crippen LogP contribution is -2.26. The standard InChI is InChI=1S/C16H17N3O2/c1-17-13-5-3-12(4-6-13)16-11-19(18-21-16)14-7-9-15(20-2)10-8-14/h3-11,17-18H,1-2H3. The Labute approximate surface area is 123 Å². The minimum absolute atomic E-state index is 0.772. The molecule has 2 aromatic rings. The molecule has 0 aromatic heterocycles. The molecule has 1 aliphatic rings. The summed E-state index contributed by atoms with van der Waals surface area (Å²) >= 11 is 0. The van der Waals surface area contributed by atoms with Crippen LogP contribution in [0.25, 0.3) is 5.76 Å². The number of ether oxygens (including phenoxy) is 1. The van der Waals surface area contributed by atoms with Crippen molar-refractivity contribution in [2.24, 2.45) is 0 Å². The summed E-state index contributed by atoms with van der Waals surface area (Å²) in [6, 6.07) is 15.8. The molecule has 5 nitrogen and oxygen atoms in total. The van der Waals surface area contributed by atoms with Crippen LogP contribution in [-0.2, 0) is 4.84 Å². The summed E-state index contributed by atoms with van der Waals surface area (Å²) in [5.41, 5.74) is 5.92. The first-order chi connectivity index (χ1) is 10.3. The maximum atomic E-state index is 5.52. The molecule has 0 amide bonds. The minimum atomic E-state index is 0.772. The van der Waals surface area contributed by atoms with Crippen molar-refractivity contribution in [3.63, 3.8) is 0 Å². The topological polar surface area (TPSA) is 45.8 Å². The number of anilines is 2. The number of benzene rings is 2. The van der Waals surface area contributed by atoms with E-state index in [0.29, 0.717) is 0 Å². The highest BCUT2D eigenvalue weighted by atomic mass is 16.7. The van der Waals surface area contributed by atoms with Crippen LogP contribution in [0.3, 0.4) is 0 Å². The summed E-state index contributed by atoms with van der Waals surface area (Å²) < 4.78 is 5.15. The molecule has 0 radical (unpaired) electrons. The van der Waals surface area contributed by atoms with Crippen LogP contribution in [-0.4, -0.2) is 14.2 Å². The smallest absolute Gasteiger partial charge is 0.174 e. The van der Waals surface area contributed by atoms with Crippen LogP contribution in [0.5, 0.6) is 5.75 Å². The minimum Gasteiger partial charge on any atom is -0.497 e. The summed E-state index contributed by atoms with van der Waals surface area (Å²) in [6.45, 7) is 0. The Hall–Kier alpha value is -2.66.